The number of carbonyl (C=O) groups excluding carboxylic acids is 3. The first kappa shape index (κ1) is 28.9. The van der Waals surface area contributed by atoms with Crippen LogP contribution in [0.4, 0.5) is 15.3 Å². The quantitative estimate of drug-likeness (QED) is 0.533. The van der Waals surface area contributed by atoms with Crippen molar-refractivity contribution in [1.82, 2.24) is 15.1 Å². The lowest BCUT2D eigenvalue weighted by molar-refractivity contribution is 0.0201. The summed E-state index contributed by atoms with van der Waals surface area (Å²) in [4.78, 5) is 41.9. The molecule has 2 N–H and O–H groups in total. The van der Waals surface area contributed by atoms with Crippen molar-refractivity contribution < 1.29 is 19.1 Å². The number of aryl methyl sites for hydroxylation is 1. The van der Waals surface area contributed by atoms with E-state index in [-0.39, 0.29) is 24.1 Å². The third-order valence-electron chi connectivity index (χ3n) is 7.51. The predicted octanol–water partition coefficient (Wildman–Crippen LogP) is 5.41. The van der Waals surface area contributed by atoms with Crippen molar-refractivity contribution in [2.45, 2.75) is 70.9 Å². The number of nitrogens with zero attached hydrogens (tertiary/aromatic N) is 3. The van der Waals surface area contributed by atoms with Gasteiger partial charge in [0.1, 0.15) is 5.60 Å². The summed E-state index contributed by atoms with van der Waals surface area (Å²) in [6.45, 7) is 9.77. The second kappa shape index (κ2) is 12.4. The van der Waals surface area contributed by atoms with Crippen LogP contribution in [0.15, 0.2) is 42.5 Å². The van der Waals surface area contributed by atoms with Gasteiger partial charge in [0.25, 0.3) is 5.91 Å². The molecule has 4 rings (SSSR count). The average molecular weight is 546 g/mol. The molecular formula is C31H39N5O4. The summed E-state index contributed by atoms with van der Waals surface area (Å²) in [6.07, 6.45) is 2.68. The van der Waals surface area contributed by atoms with E-state index in [9.17, 15) is 14.4 Å². The van der Waals surface area contributed by atoms with E-state index in [0.717, 1.165) is 18.4 Å². The summed E-state index contributed by atoms with van der Waals surface area (Å²) in [5.41, 5.74) is 3.32. The van der Waals surface area contributed by atoms with Gasteiger partial charge in [0, 0.05) is 43.5 Å². The lowest BCUT2D eigenvalue weighted by Gasteiger charge is -2.33. The Balaban J connectivity index is 1.28. The fourth-order valence-corrected chi connectivity index (χ4v) is 5.19. The summed E-state index contributed by atoms with van der Waals surface area (Å²) < 4.78 is 5.44. The number of benzene rings is 2. The Morgan fingerprint density at radius 2 is 1.55 bits per heavy atom. The van der Waals surface area contributed by atoms with Crippen LogP contribution in [0.5, 0.6) is 0 Å². The van der Waals surface area contributed by atoms with E-state index in [2.05, 4.69) is 16.7 Å². The summed E-state index contributed by atoms with van der Waals surface area (Å²) in [5.74, 6) is 0.322. The van der Waals surface area contributed by atoms with Crippen molar-refractivity contribution in [2.75, 3.05) is 31.5 Å². The van der Waals surface area contributed by atoms with E-state index in [1.807, 2.05) is 62.9 Å². The minimum Gasteiger partial charge on any atom is -0.444 e. The van der Waals surface area contributed by atoms with Gasteiger partial charge in [0.2, 0.25) is 0 Å². The zero-order chi connectivity index (χ0) is 28.9. The number of ether oxygens (including phenoxy) is 1. The molecule has 2 fully saturated rings. The van der Waals surface area contributed by atoms with Crippen LogP contribution in [0, 0.1) is 18.3 Å². The molecule has 0 spiro atoms. The van der Waals surface area contributed by atoms with Gasteiger partial charge < -0.3 is 25.2 Å². The molecule has 0 radical (unpaired) electrons. The topological polar surface area (TPSA) is 115 Å². The van der Waals surface area contributed by atoms with E-state index in [1.165, 1.54) is 5.56 Å². The van der Waals surface area contributed by atoms with Crippen LogP contribution in [0.2, 0.25) is 0 Å². The van der Waals surface area contributed by atoms with Crippen molar-refractivity contribution in [2.24, 2.45) is 0 Å². The molecule has 212 valence electrons. The molecule has 0 aromatic heterocycles. The molecule has 0 unspecified atom stereocenters. The van der Waals surface area contributed by atoms with Gasteiger partial charge in [-0.05, 0) is 94.7 Å². The van der Waals surface area contributed by atoms with Crippen LogP contribution in [-0.2, 0) is 4.74 Å². The molecule has 2 heterocycles. The molecule has 2 saturated heterocycles. The number of hydrogen-bond acceptors (Lipinski definition) is 5. The molecular weight excluding hydrogens is 506 g/mol. The normalized spacial score (nSPS) is 16.7. The third kappa shape index (κ3) is 7.53. The van der Waals surface area contributed by atoms with Crippen LogP contribution >= 0.6 is 0 Å². The number of amides is 4. The lowest BCUT2D eigenvalue weighted by atomic mass is 9.89. The summed E-state index contributed by atoms with van der Waals surface area (Å²) in [7, 11) is 0. The van der Waals surface area contributed by atoms with Crippen molar-refractivity contribution in [1.29, 1.82) is 5.26 Å². The van der Waals surface area contributed by atoms with Crippen LogP contribution in [-0.4, -0.2) is 65.7 Å². The van der Waals surface area contributed by atoms with Gasteiger partial charge in [0.05, 0.1) is 11.6 Å². The average Bonchev–Trinajstić information content (AvgIpc) is 2.93. The van der Waals surface area contributed by atoms with Crippen molar-refractivity contribution in [3.63, 3.8) is 0 Å². The number of anilines is 1. The predicted molar refractivity (Wildman–Crippen MR) is 153 cm³/mol. The molecule has 2 aliphatic heterocycles. The fourth-order valence-electron chi connectivity index (χ4n) is 5.19. The maximum atomic E-state index is 13.3. The zero-order valence-electron chi connectivity index (χ0n) is 23.8. The fraction of sp³-hybridized carbons (Fsp3) is 0.484. The Bertz CT molecular complexity index is 1260. The molecule has 2 aromatic carbocycles. The van der Waals surface area contributed by atoms with Gasteiger partial charge in [0.15, 0.2) is 0 Å². The molecule has 9 nitrogen and oxygen atoms in total. The van der Waals surface area contributed by atoms with Crippen LogP contribution < -0.4 is 10.6 Å². The van der Waals surface area contributed by atoms with Gasteiger partial charge in [-0.3, -0.25) is 4.79 Å². The molecule has 9 heteroatoms. The molecule has 4 amide bonds. The van der Waals surface area contributed by atoms with Gasteiger partial charge in [-0.25, -0.2) is 9.59 Å². The molecule has 0 atom stereocenters. The monoisotopic (exact) mass is 545 g/mol. The largest absolute Gasteiger partial charge is 0.444 e. The van der Waals surface area contributed by atoms with Gasteiger partial charge in [-0.2, -0.15) is 5.26 Å². The SMILES string of the molecule is Cc1ccc(C(=O)N2CCC(c3ccc(C#N)cc3)CC2)cc1NC(=O)NC1CCN(C(=O)OC(C)(C)C)CC1. The lowest BCUT2D eigenvalue weighted by Crippen LogP contribution is -2.48. The van der Waals surface area contributed by atoms with E-state index < -0.39 is 5.60 Å². The highest BCUT2D eigenvalue weighted by Gasteiger charge is 2.28. The smallest absolute Gasteiger partial charge is 0.410 e. The first-order valence-electron chi connectivity index (χ1n) is 14.0. The number of urea groups is 1. The molecule has 40 heavy (non-hydrogen) atoms. The first-order valence-corrected chi connectivity index (χ1v) is 14.0. The van der Waals surface area contributed by atoms with Crippen LogP contribution in [0.1, 0.15) is 79.4 Å². The molecule has 0 aliphatic carbocycles. The Morgan fingerprint density at radius 3 is 2.15 bits per heavy atom. The maximum Gasteiger partial charge on any atom is 0.410 e. The van der Waals surface area contributed by atoms with Gasteiger partial charge >= 0.3 is 12.1 Å². The molecule has 0 saturated carbocycles. The number of carbonyl (C=O) groups is 3. The molecule has 2 aliphatic rings. The third-order valence-corrected chi connectivity index (χ3v) is 7.51. The Hall–Kier alpha value is -4.06. The van der Waals surface area contributed by atoms with Crippen LogP contribution in [0.3, 0.4) is 0 Å². The highest BCUT2D eigenvalue weighted by Crippen LogP contribution is 2.29. The number of nitrogens with one attached hydrogen (secondary N) is 2. The van der Waals surface area contributed by atoms with Crippen molar-refractivity contribution >= 4 is 23.7 Å². The summed E-state index contributed by atoms with van der Waals surface area (Å²) >= 11 is 0. The Labute approximate surface area is 236 Å². The van der Waals surface area contributed by atoms with Gasteiger partial charge in [-0.15, -0.1) is 0 Å². The first-order chi connectivity index (χ1) is 19.0. The molecule has 0 bridgehead atoms. The van der Waals surface area contributed by atoms with Crippen molar-refractivity contribution in [3.05, 3.63) is 64.7 Å². The zero-order valence-corrected chi connectivity index (χ0v) is 23.8. The number of likely N-dealkylation sites (tertiary alicyclic amines) is 2. The number of nitriles is 1. The maximum absolute atomic E-state index is 13.3. The number of hydrogen-bond donors (Lipinski definition) is 2. The molecule has 2 aromatic rings. The van der Waals surface area contributed by atoms with E-state index in [0.29, 0.717) is 61.8 Å². The summed E-state index contributed by atoms with van der Waals surface area (Å²) in [5, 5.41) is 14.9. The second-order valence-corrected chi connectivity index (χ2v) is 11.7. The highest BCUT2D eigenvalue weighted by atomic mass is 16.6. The van der Waals surface area contributed by atoms with Crippen molar-refractivity contribution in [3.8, 4) is 6.07 Å². The minimum absolute atomic E-state index is 0.0451. The van der Waals surface area contributed by atoms with E-state index in [1.54, 1.807) is 17.0 Å². The Kier molecular flexibility index (Phi) is 8.98. The standard InChI is InChI=1S/C31H39N5O4/c1-21-5-8-25(28(37)35-15-11-24(12-16-35)23-9-6-22(20-32)7-10-23)19-27(21)34-29(38)33-26-13-17-36(18-14-26)30(39)40-31(2,3)4/h5-10,19,24,26H,11-18H2,1-4H3,(H2,33,34,38). The highest BCUT2D eigenvalue weighted by molar-refractivity contribution is 5.97. The van der Waals surface area contributed by atoms with E-state index in [4.69, 9.17) is 10.00 Å². The van der Waals surface area contributed by atoms with Gasteiger partial charge in [-0.1, -0.05) is 18.2 Å². The summed E-state index contributed by atoms with van der Waals surface area (Å²) in [6, 6.07) is 14.9. The Morgan fingerprint density at radius 1 is 0.925 bits per heavy atom. The minimum atomic E-state index is -0.539. The number of piperidine rings is 2. The van der Waals surface area contributed by atoms with Crippen LogP contribution in [0.25, 0.3) is 0 Å². The van der Waals surface area contributed by atoms with E-state index >= 15 is 0 Å². The number of rotatable bonds is 4. The second-order valence-electron chi connectivity index (χ2n) is 11.7.